The van der Waals surface area contributed by atoms with E-state index >= 15 is 13.6 Å². The maximum atomic E-state index is 16.9. The minimum Gasteiger partial charge on any atom is -0.492 e. The van der Waals surface area contributed by atoms with Gasteiger partial charge in [-0.1, -0.05) is 25.5 Å². The number of aliphatic hydroxyl groups is 2. The fourth-order valence-corrected chi connectivity index (χ4v) is 17.6. The Bertz CT molecular complexity index is 4370. The number of aliphatic hydroxyl groups excluding tert-OH is 1. The zero-order valence-electron chi connectivity index (χ0n) is 56.2. The van der Waals surface area contributed by atoms with E-state index in [4.69, 9.17) is 36.6 Å². The molecule has 6 aliphatic carbocycles. The van der Waals surface area contributed by atoms with Crippen LogP contribution in [0.4, 0.5) is 20.2 Å². The number of hydrogen-bond acceptors (Lipinski definition) is 22. The van der Waals surface area contributed by atoms with E-state index in [1.807, 2.05) is 43.6 Å². The van der Waals surface area contributed by atoms with Crippen molar-refractivity contribution in [2.75, 3.05) is 76.5 Å². The Kier molecular flexibility index (Phi) is 17.1. The lowest BCUT2D eigenvalue weighted by atomic mass is 9.46. The number of aromatic nitrogens is 2. The van der Waals surface area contributed by atoms with Crippen LogP contribution in [0.3, 0.4) is 0 Å². The molecule has 7 fully saturated rings. The number of pyridine rings is 2. The van der Waals surface area contributed by atoms with Crippen molar-refractivity contribution in [3.8, 4) is 11.5 Å². The quantitative estimate of drug-likeness (QED) is 0.0726. The summed E-state index contributed by atoms with van der Waals surface area (Å²) in [6.07, 6.45) is 10.7. The molecule has 2 N–H and O–H groups in total. The molecule has 2 saturated heterocycles. The Morgan fingerprint density at radius 1 is 0.694 bits per heavy atom. The molecule has 8 aliphatic rings. The van der Waals surface area contributed by atoms with Gasteiger partial charge in [-0.3, -0.25) is 29.0 Å². The highest BCUT2D eigenvalue weighted by atomic mass is 19.1. The van der Waals surface area contributed by atoms with Crippen molar-refractivity contribution in [2.45, 2.75) is 155 Å². The number of ketones is 2. The lowest BCUT2D eigenvalue weighted by Gasteiger charge is -2.59. The molecule has 4 aromatic heterocycles. The van der Waals surface area contributed by atoms with Crippen LogP contribution in [0.1, 0.15) is 148 Å². The second kappa shape index (κ2) is 25.1. The Morgan fingerprint density at radius 2 is 1.18 bits per heavy atom. The minimum atomic E-state index is -2.03. The number of esters is 2. The van der Waals surface area contributed by atoms with Crippen molar-refractivity contribution >= 4 is 56.7 Å². The van der Waals surface area contributed by atoms with Gasteiger partial charge in [0.25, 0.3) is 0 Å². The van der Waals surface area contributed by atoms with E-state index in [0.717, 1.165) is 17.7 Å². The number of carbonyl (C=O) groups excluding carboxylic acids is 4. The molecule has 522 valence electrons. The first-order chi connectivity index (χ1) is 46.7. The second-order valence-electron chi connectivity index (χ2n) is 29.0. The number of benzene rings is 2. The molecular formula is C72H82F2N6O18. The van der Waals surface area contributed by atoms with Crippen molar-refractivity contribution in [3.63, 3.8) is 0 Å². The summed E-state index contributed by atoms with van der Waals surface area (Å²) in [5.74, 6) is -6.36. The highest BCUT2D eigenvalue weighted by Crippen LogP contribution is 2.67. The van der Waals surface area contributed by atoms with E-state index in [2.05, 4.69) is 9.80 Å². The number of aryl methyl sites for hydroxylation is 2. The third-order valence-electron chi connectivity index (χ3n) is 23.1. The number of carbonyl (C=O) groups is 4. The molecule has 0 radical (unpaired) electrons. The first kappa shape index (κ1) is 66.8. The molecule has 0 bridgehead atoms. The van der Waals surface area contributed by atoms with E-state index < -0.39 is 111 Å². The van der Waals surface area contributed by atoms with Crippen molar-refractivity contribution in [2.24, 2.45) is 34.5 Å². The zero-order chi connectivity index (χ0) is 69.3. The molecule has 24 nitrogen and oxygen atoms in total. The number of methoxy groups -OCH3 is 2. The van der Waals surface area contributed by atoms with Gasteiger partial charge in [-0.2, -0.15) is 0 Å². The van der Waals surface area contributed by atoms with E-state index in [9.17, 15) is 43.8 Å². The van der Waals surface area contributed by atoms with E-state index in [-0.39, 0.29) is 105 Å². The molecule has 6 aromatic rings. The molecule has 98 heavy (non-hydrogen) atoms. The standard InChI is InChI=1S/C72H82F2N6O18/c1-36-28-77(21-19-75(36)32-54-38(3)95-68(88)97-54)60-51(73)25-46-58(64(60)91-7)79(42-10-11-42)30-48(62(46)84)66(86)93-34-40(23-56(83)72(90)18-16-50-45-14-9-41-24-44(81)15-17-70(41,5)57(45)53(82)27-71(50,72)6)35-94-67(87)49-31-80(43-12-13-43)59-47(63(49)85)26-52(74)61(65(59)92-8)78-22-20-76(37(2)29-78)33-55-39(4)96-69(89)98-55/h15,17,24-26,30-31,36-37,40,42-43,45,50,53,57,82,90H,9-14,16,18-23,27-29,32-35H2,1-8H3/t36?,37?,40?,45-,50-,53-,57?,70-,71-,72-/m1/s1. The van der Waals surface area contributed by atoms with Crippen LogP contribution < -0.4 is 41.8 Å². The van der Waals surface area contributed by atoms with Gasteiger partial charge in [0.2, 0.25) is 10.9 Å². The number of ether oxygens (including phenoxy) is 4. The van der Waals surface area contributed by atoms with Crippen LogP contribution in [0.15, 0.2) is 85.2 Å². The van der Waals surface area contributed by atoms with Crippen LogP contribution in [0.5, 0.6) is 11.5 Å². The topological polar surface area (TPSA) is 289 Å². The number of allylic oxidation sites excluding steroid dienone is 4. The lowest BCUT2D eigenvalue weighted by Crippen LogP contribution is -2.61. The maximum absolute atomic E-state index is 16.9. The van der Waals surface area contributed by atoms with Crippen LogP contribution in [-0.4, -0.2) is 143 Å². The molecule has 0 amide bonds. The van der Waals surface area contributed by atoms with E-state index in [0.29, 0.717) is 120 Å². The van der Waals surface area contributed by atoms with Crippen molar-refractivity contribution in [1.82, 2.24) is 18.9 Å². The summed E-state index contributed by atoms with van der Waals surface area (Å²) in [5, 5.41) is 24.9. The number of halogens is 2. The first-order valence-corrected chi connectivity index (χ1v) is 34.0. The van der Waals surface area contributed by atoms with Crippen LogP contribution in [0.25, 0.3) is 21.8 Å². The van der Waals surface area contributed by atoms with Gasteiger partial charge in [-0.15, -0.1) is 0 Å². The zero-order valence-corrected chi connectivity index (χ0v) is 56.2. The van der Waals surface area contributed by atoms with Gasteiger partial charge in [-0.25, -0.2) is 28.0 Å². The summed E-state index contributed by atoms with van der Waals surface area (Å²) in [6, 6.07) is 1.41. The molecule has 14 rings (SSSR count). The van der Waals surface area contributed by atoms with E-state index in [1.165, 1.54) is 32.7 Å². The number of nitrogens with zero attached hydrogens (tertiary/aromatic N) is 6. The third kappa shape index (κ3) is 11.3. The van der Waals surface area contributed by atoms with Crippen molar-refractivity contribution < 1.29 is 74.8 Å². The molecular weight excluding hydrogens is 1270 g/mol. The summed E-state index contributed by atoms with van der Waals surface area (Å²) < 4.78 is 81.9. The Balaban J connectivity index is 0.753. The van der Waals surface area contributed by atoms with Crippen molar-refractivity contribution in [3.05, 3.63) is 136 Å². The third-order valence-corrected chi connectivity index (χ3v) is 23.1. The first-order valence-electron chi connectivity index (χ1n) is 34.0. The average molecular weight is 1360 g/mol. The Hall–Kier alpha value is -8.46. The van der Waals surface area contributed by atoms with Gasteiger partial charge in [0.1, 0.15) is 39.6 Å². The molecule has 2 aromatic carbocycles. The minimum absolute atomic E-state index is 0.0334. The van der Waals surface area contributed by atoms with Crippen LogP contribution in [-0.2, 0) is 32.2 Å². The van der Waals surface area contributed by atoms with E-state index in [1.54, 1.807) is 29.1 Å². The SMILES string of the molecule is COc1c(N2CCN(Cc3oc(=O)oc3C)C(C)C2)c(F)cc2c(=O)c(C(=O)OCC(COC(=O)c3cn(C4CC4)c4c(OC)c(N5CCN(Cc6oc(=O)oc6C)C(C)C5)c(F)cc4c3=O)CC(=O)[C@]3(O)CC[C@@H]4[C@H]5CCC6=CC(=O)C=C[C@@]6(C)C5[C@H](O)C[C@]43C)cn(C3CC3)c12. The van der Waals surface area contributed by atoms with Gasteiger partial charge >= 0.3 is 23.6 Å². The highest BCUT2D eigenvalue weighted by molar-refractivity contribution is 6.02. The maximum Gasteiger partial charge on any atom is 0.519 e. The summed E-state index contributed by atoms with van der Waals surface area (Å²) >= 11 is 0. The molecule has 9 atom stereocenters. The van der Waals surface area contributed by atoms with Crippen LogP contribution in [0.2, 0.25) is 0 Å². The van der Waals surface area contributed by atoms with Crippen LogP contribution >= 0.6 is 0 Å². The van der Waals surface area contributed by atoms with Gasteiger partial charge in [-0.05, 0) is 122 Å². The summed E-state index contributed by atoms with van der Waals surface area (Å²) in [6.45, 7) is 12.5. The summed E-state index contributed by atoms with van der Waals surface area (Å²) in [5.41, 5.74) is -4.71. The summed E-state index contributed by atoms with van der Waals surface area (Å²) in [7, 11) is 2.76. The number of rotatable bonds is 19. The lowest BCUT2D eigenvalue weighted by molar-refractivity contribution is -0.177. The van der Waals surface area contributed by atoms with Gasteiger partial charge in [0, 0.05) is 105 Å². The Morgan fingerprint density at radius 3 is 1.62 bits per heavy atom. The molecule has 26 heteroatoms. The molecule has 5 saturated carbocycles. The normalized spacial score (nSPS) is 27.6. The van der Waals surface area contributed by atoms with Gasteiger partial charge in [0.05, 0.1) is 68.4 Å². The number of Topliss-reactive ketones (excluding diaryl/α,β-unsaturated/α-hetero) is 1. The number of fused-ring (bicyclic) bond motifs is 7. The van der Waals surface area contributed by atoms with Gasteiger partial charge in [0.15, 0.2) is 46.2 Å². The Labute approximate surface area is 561 Å². The average Bonchev–Trinajstić information content (AvgIpc) is 1.44. The number of hydrogen-bond donors (Lipinski definition) is 2. The fourth-order valence-electron chi connectivity index (χ4n) is 17.6. The smallest absolute Gasteiger partial charge is 0.492 e. The fraction of sp³-hybridized carbons (Fsp3) is 0.556. The molecule has 2 aliphatic heterocycles. The number of piperazine rings is 2. The highest BCUT2D eigenvalue weighted by Gasteiger charge is 2.68. The number of anilines is 2. The molecule has 0 spiro atoms. The molecule has 6 heterocycles. The predicted octanol–water partition coefficient (Wildman–Crippen LogP) is 8.01. The largest absolute Gasteiger partial charge is 0.519 e. The van der Waals surface area contributed by atoms with Crippen LogP contribution in [0, 0.1) is 60.0 Å². The second-order valence-corrected chi connectivity index (χ2v) is 29.0. The predicted molar refractivity (Wildman–Crippen MR) is 351 cm³/mol. The summed E-state index contributed by atoms with van der Waals surface area (Å²) in [4.78, 5) is 118. The monoisotopic (exact) mass is 1360 g/mol. The molecule has 3 unspecified atom stereocenters. The van der Waals surface area contributed by atoms with Crippen molar-refractivity contribution in [1.29, 1.82) is 0 Å². The van der Waals surface area contributed by atoms with Gasteiger partial charge < -0.3 is 65.8 Å².